The lowest BCUT2D eigenvalue weighted by Crippen LogP contribution is -2.49. The van der Waals surface area contributed by atoms with Gasteiger partial charge in [-0.25, -0.2) is 0 Å². The van der Waals surface area contributed by atoms with Crippen LogP contribution in [0.1, 0.15) is 10.4 Å². The maximum atomic E-state index is 12.5. The molecule has 2 aliphatic rings. The number of piperazine rings is 1. The van der Waals surface area contributed by atoms with Crippen molar-refractivity contribution in [3.8, 4) is 0 Å². The van der Waals surface area contributed by atoms with E-state index in [0.29, 0.717) is 18.7 Å². The molecule has 0 radical (unpaired) electrons. The Hall–Kier alpha value is -2.74. The first-order valence-corrected chi connectivity index (χ1v) is 8.91. The zero-order valence-corrected chi connectivity index (χ0v) is 14.6. The largest absolute Gasteiger partial charge is 0.378 e. The third kappa shape index (κ3) is 3.60. The van der Waals surface area contributed by atoms with Crippen LogP contribution >= 0.6 is 0 Å². The molecule has 8 heteroatoms. The van der Waals surface area contributed by atoms with E-state index in [-0.39, 0.29) is 5.91 Å². The van der Waals surface area contributed by atoms with Crippen LogP contribution in [0.2, 0.25) is 0 Å². The van der Waals surface area contributed by atoms with Gasteiger partial charge in [-0.3, -0.25) is 9.78 Å². The Bertz CT molecular complexity index is 742. The SMILES string of the molecule is O=C(c1cccnc1)N1CCN(c2cnnc(N3CCOCC3)c2)CC1. The first-order chi connectivity index (χ1) is 12.8. The summed E-state index contributed by atoms with van der Waals surface area (Å²) in [4.78, 5) is 22.9. The summed E-state index contributed by atoms with van der Waals surface area (Å²) >= 11 is 0. The maximum absolute atomic E-state index is 12.5. The molecule has 0 atom stereocenters. The van der Waals surface area contributed by atoms with Gasteiger partial charge in [0.25, 0.3) is 5.91 Å². The summed E-state index contributed by atoms with van der Waals surface area (Å²) in [6, 6.07) is 5.68. The first-order valence-electron chi connectivity index (χ1n) is 8.91. The van der Waals surface area contributed by atoms with Crippen molar-refractivity contribution in [2.45, 2.75) is 0 Å². The van der Waals surface area contributed by atoms with Gasteiger partial charge < -0.3 is 19.4 Å². The number of ether oxygens (including phenoxy) is 1. The van der Waals surface area contributed by atoms with Crippen molar-refractivity contribution >= 4 is 17.4 Å². The molecular formula is C18H22N6O2. The molecule has 0 unspecified atom stereocenters. The number of amides is 1. The molecule has 2 saturated heterocycles. The maximum Gasteiger partial charge on any atom is 0.255 e. The van der Waals surface area contributed by atoms with Gasteiger partial charge in [0, 0.05) is 57.7 Å². The summed E-state index contributed by atoms with van der Waals surface area (Å²) in [6.45, 7) is 6.05. The average molecular weight is 354 g/mol. The highest BCUT2D eigenvalue weighted by Crippen LogP contribution is 2.21. The zero-order chi connectivity index (χ0) is 17.8. The van der Waals surface area contributed by atoms with Gasteiger partial charge in [0.2, 0.25) is 0 Å². The molecule has 2 fully saturated rings. The topological polar surface area (TPSA) is 74.7 Å². The third-order valence-electron chi connectivity index (χ3n) is 4.80. The van der Waals surface area contributed by atoms with E-state index in [1.165, 1.54) is 0 Å². The van der Waals surface area contributed by atoms with Crippen LogP contribution in [0.25, 0.3) is 0 Å². The van der Waals surface area contributed by atoms with Gasteiger partial charge in [-0.1, -0.05) is 0 Å². The van der Waals surface area contributed by atoms with E-state index in [1.807, 2.05) is 11.0 Å². The van der Waals surface area contributed by atoms with Crippen LogP contribution in [0, 0.1) is 0 Å². The third-order valence-corrected chi connectivity index (χ3v) is 4.80. The molecule has 26 heavy (non-hydrogen) atoms. The predicted molar refractivity (Wildman–Crippen MR) is 97.4 cm³/mol. The Balaban J connectivity index is 1.39. The molecule has 1 amide bonds. The van der Waals surface area contributed by atoms with Crippen molar-refractivity contribution in [1.82, 2.24) is 20.1 Å². The lowest BCUT2D eigenvalue weighted by Gasteiger charge is -2.36. The van der Waals surface area contributed by atoms with Gasteiger partial charge in [-0.2, -0.15) is 5.10 Å². The van der Waals surface area contributed by atoms with Crippen molar-refractivity contribution in [3.63, 3.8) is 0 Å². The molecule has 2 aliphatic heterocycles. The second-order valence-electron chi connectivity index (χ2n) is 6.39. The van der Waals surface area contributed by atoms with Crippen LogP contribution in [-0.2, 0) is 4.74 Å². The molecule has 8 nitrogen and oxygen atoms in total. The van der Waals surface area contributed by atoms with Crippen LogP contribution in [-0.4, -0.2) is 78.5 Å². The number of hydrogen-bond acceptors (Lipinski definition) is 7. The highest BCUT2D eigenvalue weighted by Gasteiger charge is 2.23. The van der Waals surface area contributed by atoms with E-state index in [1.54, 1.807) is 24.7 Å². The van der Waals surface area contributed by atoms with Crippen molar-refractivity contribution in [2.24, 2.45) is 0 Å². The highest BCUT2D eigenvalue weighted by molar-refractivity contribution is 5.94. The fourth-order valence-electron chi connectivity index (χ4n) is 3.31. The second-order valence-corrected chi connectivity index (χ2v) is 6.39. The summed E-state index contributed by atoms with van der Waals surface area (Å²) in [5.41, 5.74) is 1.69. The molecule has 4 heterocycles. The number of pyridine rings is 1. The van der Waals surface area contributed by atoms with Crippen LogP contribution < -0.4 is 9.80 Å². The van der Waals surface area contributed by atoms with Crippen molar-refractivity contribution < 1.29 is 9.53 Å². The van der Waals surface area contributed by atoms with Crippen molar-refractivity contribution in [3.05, 3.63) is 42.4 Å². The smallest absolute Gasteiger partial charge is 0.255 e. The van der Waals surface area contributed by atoms with Crippen LogP contribution in [0.15, 0.2) is 36.8 Å². The summed E-state index contributed by atoms with van der Waals surface area (Å²) in [5, 5.41) is 8.44. The van der Waals surface area contributed by atoms with Crippen molar-refractivity contribution in [1.29, 1.82) is 0 Å². The minimum atomic E-state index is 0.0413. The minimum absolute atomic E-state index is 0.0413. The predicted octanol–water partition coefficient (Wildman–Crippen LogP) is 0.671. The number of hydrogen-bond donors (Lipinski definition) is 0. The number of nitrogens with zero attached hydrogens (tertiary/aromatic N) is 6. The number of carbonyl (C=O) groups excluding carboxylic acids is 1. The van der Waals surface area contributed by atoms with E-state index in [4.69, 9.17) is 4.74 Å². The summed E-state index contributed by atoms with van der Waals surface area (Å²) in [7, 11) is 0. The standard InChI is InChI=1S/C18H22N6O2/c25-18(15-2-1-3-19-13-15)24-6-4-22(5-7-24)16-12-17(21-20-14-16)23-8-10-26-11-9-23/h1-3,12-14H,4-11H2. The van der Waals surface area contributed by atoms with Crippen LogP contribution in [0.4, 0.5) is 11.5 Å². The summed E-state index contributed by atoms with van der Waals surface area (Å²) < 4.78 is 5.40. The number of morpholine rings is 1. The lowest BCUT2D eigenvalue weighted by atomic mass is 10.2. The molecule has 2 aromatic rings. The van der Waals surface area contributed by atoms with Crippen molar-refractivity contribution in [2.75, 3.05) is 62.3 Å². The number of rotatable bonds is 3. The molecular weight excluding hydrogens is 332 g/mol. The van der Waals surface area contributed by atoms with E-state index in [0.717, 1.165) is 50.9 Å². The molecule has 0 aromatic carbocycles. The number of anilines is 2. The van der Waals surface area contributed by atoms with Gasteiger partial charge in [0.1, 0.15) is 0 Å². The monoisotopic (exact) mass is 354 g/mol. The normalized spacial score (nSPS) is 18.1. The first kappa shape index (κ1) is 16.7. The minimum Gasteiger partial charge on any atom is -0.378 e. The Morgan fingerprint density at radius 2 is 1.81 bits per heavy atom. The Morgan fingerprint density at radius 1 is 1.00 bits per heavy atom. The zero-order valence-electron chi connectivity index (χ0n) is 14.6. The van der Waals surface area contributed by atoms with Gasteiger partial charge in [-0.05, 0) is 12.1 Å². The molecule has 4 rings (SSSR count). The summed E-state index contributed by atoms with van der Waals surface area (Å²) in [5.74, 6) is 0.930. The van der Waals surface area contributed by atoms with Gasteiger partial charge in [0.05, 0.1) is 30.7 Å². The van der Waals surface area contributed by atoms with Crippen LogP contribution in [0.3, 0.4) is 0 Å². The highest BCUT2D eigenvalue weighted by atomic mass is 16.5. The molecule has 0 aliphatic carbocycles. The van der Waals surface area contributed by atoms with Gasteiger partial charge in [0.15, 0.2) is 5.82 Å². The quantitative estimate of drug-likeness (QED) is 0.802. The van der Waals surface area contributed by atoms with E-state index >= 15 is 0 Å². The van der Waals surface area contributed by atoms with E-state index in [9.17, 15) is 4.79 Å². The molecule has 2 aromatic heterocycles. The molecule has 0 bridgehead atoms. The van der Waals surface area contributed by atoms with E-state index in [2.05, 4.69) is 31.0 Å². The summed E-state index contributed by atoms with van der Waals surface area (Å²) in [6.07, 6.45) is 5.09. The molecule has 0 spiro atoms. The van der Waals surface area contributed by atoms with Gasteiger partial charge >= 0.3 is 0 Å². The molecule has 0 saturated carbocycles. The Labute approximate surface area is 152 Å². The fourth-order valence-corrected chi connectivity index (χ4v) is 3.31. The molecule has 0 N–H and O–H groups in total. The average Bonchev–Trinajstić information content (AvgIpc) is 2.75. The lowest BCUT2D eigenvalue weighted by molar-refractivity contribution is 0.0746. The Kier molecular flexibility index (Phi) is 4.92. The molecule has 136 valence electrons. The number of aromatic nitrogens is 3. The fraction of sp³-hybridized carbons (Fsp3) is 0.444. The second kappa shape index (κ2) is 7.65. The number of carbonyl (C=O) groups is 1. The van der Waals surface area contributed by atoms with E-state index < -0.39 is 0 Å². The van der Waals surface area contributed by atoms with Crippen LogP contribution in [0.5, 0.6) is 0 Å². The Morgan fingerprint density at radius 3 is 2.54 bits per heavy atom. The van der Waals surface area contributed by atoms with Gasteiger partial charge in [-0.15, -0.1) is 5.10 Å².